The van der Waals surface area contributed by atoms with Crippen LogP contribution in [0, 0.1) is 5.82 Å². The van der Waals surface area contributed by atoms with Crippen LogP contribution in [0.15, 0.2) is 24.3 Å². The zero-order valence-corrected chi connectivity index (χ0v) is 12.0. The average Bonchev–Trinajstić information content (AvgIpc) is 2.35. The van der Waals surface area contributed by atoms with Crippen molar-refractivity contribution in [3.05, 3.63) is 30.1 Å². The van der Waals surface area contributed by atoms with Gasteiger partial charge >= 0.3 is 0 Å². The maximum absolute atomic E-state index is 13.0. The molecule has 1 aromatic rings. The number of carbonyl (C=O) groups is 1. The van der Waals surface area contributed by atoms with Crippen molar-refractivity contribution in [3.8, 4) is 0 Å². The van der Waals surface area contributed by atoms with Crippen molar-refractivity contribution < 1.29 is 14.3 Å². The summed E-state index contributed by atoms with van der Waals surface area (Å²) < 4.78 is 13.0. The highest BCUT2D eigenvalue weighted by molar-refractivity contribution is 5.91. The lowest BCUT2D eigenvalue weighted by molar-refractivity contribution is -0.116. The first-order chi connectivity index (χ1) is 9.51. The molecule has 0 heterocycles. The Morgan fingerprint density at radius 2 is 2.10 bits per heavy atom. The number of nitrogens with one attached hydrogen (secondary N) is 2. The van der Waals surface area contributed by atoms with Crippen LogP contribution < -0.4 is 10.6 Å². The first kappa shape index (κ1) is 16.6. The van der Waals surface area contributed by atoms with Crippen molar-refractivity contribution in [2.75, 3.05) is 11.9 Å². The third-order valence-electron chi connectivity index (χ3n) is 2.96. The Labute approximate surface area is 119 Å². The maximum atomic E-state index is 13.0. The molecule has 1 amide bonds. The van der Waals surface area contributed by atoms with Gasteiger partial charge in [-0.25, -0.2) is 4.39 Å². The van der Waals surface area contributed by atoms with Crippen LogP contribution in [0.5, 0.6) is 0 Å². The van der Waals surface area contributed by atoms with Crippen molar-refractivity contribution in [2.45, 2.75) is 45.2 Å². The summed E-state index contributed by atoms with van der Waals surface area (Å²) in [5.74, 6) is -0.517. The fourth-order valence-corrected chi connectivity index (χ4v) is 2.08. The van der Waals surface area contributed by atoms with E-state index in [4.69, 9.17) is 5.11 Å². The Bertz CT molecular complexity index is 426. The van der Waals surface area contributed by atoms with Crippen LogP contribution in [0.25, 0.3) is 0 Å². The van der Waals surface area contributed by atoms with E-state index in [0.29, 0.717) is 12.1 Å². The molecule has 3 N–H and O–H groups in total. The Hall–Kier alpha value is -1.46. The number of rotatable bonds is 8. The predicted octanol–water partition coefficient (Wildman–Crippen LogP) is 2.29. The number of carbonyl (C=O) groups excluding carboxylic acids is 1. The van der Waals surface area contributed by atoms with Crippen molar-refractivity contribution in [1.82, 2.24) is 5.32 Å². The third-order valence-corrected chi connectivity index (χ3v) is 2.96. The molecule has 1 rings (SSSR count). The van der Waals surface area contributed by atoms with Crippen LogP contribution in [-0.4, -0.2) is 29.7 Å². The summed E-state index contributed by atoms with van der Waals surface area (Å²) in [6, 6.07) is 6.12. The monoisotopic (exact) mass is 282 g/mol. The molecule has 2 unspecified atom stereocenters. The normalized spacial score (nSPS) is 13.8. The minimum atomic E-state index is -0.369. The van der Waals surface area contributed by atoms with Crippen molar-refractivity contribution in [3.63, 3.8) is 0 Å². The number of benzene rings is 1. The van der Waals surface area contributed by atoms with Gasteiger partial charge in [-0.2, -0.15) is 0 Å². The summed E-state index contributed by atoms with van der Waals surface area (Å²) in [6.45, 7) is 4.14. The van der Waals surface area contributed by atoms with Gasteiger partial charge in [0.2, 0.25) is 5.91 Å². The molecular formula is C15H23FN2O2. The smallest absolute Gasteiger partial charge is 0.225 e. The predicted molar refractivity (Wildman–Crippen MR) is 78.0 cm³/mol. The lowest BCUT2D eigenvalue weighted by atomic mass is 10.1. The number of amides is 1. The summed E-state index contributed by atoms with van der Waals surface area (Å²) in [6.07, 6.45) is 1.93. The largest absolute Gasteiger partial charge is 0.396 e. The molecule has 4 nitrogen and oxygen atoms in total. The molecule has 0 aliphatic rings. The van der Waals surface area contributed by atoms with Crippen LogP contribution in [0.3, 0.4) is 0 Å². The fourth-order valence-electron chi connectivity index (χ4n) is 2.08. The van der Waals surface area contributed by atoms with Gasteiger partial charge in [0.05, 0.1) is 0 Å². The molecular weight excluding hydrogens is 259 g/mol. The number of hydrogen-bond acceptors (Lipinski definition) is 3. The standard InChI is InChI=1S/C15H23FN2O2/c1-11(5-4-8-19)17-12(2)9-15(20)18-14-7-3-6-13(16)10-14/h3,6-7,10-12,17,19H,4-5,8-9H2,1-2H3,(H,18,20). The van der Waals surface area contributed by atoms with Crippen molar-refractivity contribution in [2.24, 2.45) is 0 Å². The van der Waals surface area contributed by atoms with E-state index in [2.05, 4.69) is 10.6 Å². The highest BCUT2D eigenvalue weighted by Crippen LogP contribution is 2.10. The summed E-state index contributed by atoms with van der Waals surface area (Å²) in [5, 5.41) is 14.7. The van der Waals surface area contributed by atoms with Gasteiger partial charge < -0.3 is 15.7 Å². The zero-order chi connectivity index (χ0) is 15.0. The van der Waals surface area contributed by atoms with Gasteiger partial charge in [-0.05, 0) is 44.9 Å². The van der Waals surface area contributed by atoms with Crippen LogP contribution in [-0.2, 0) is 4.79 Å². The molecule has 0 spiro atoms. The van der Waals surface area contributed by atoms with Crippen molar-refractivity contribution >= 4 is 11.6 Å². The lowest BCUT2D eigenvalue weighted by Gasteiger charge is -2.19. The lowest BCUT2D eigenvalue weighted by Crippen LogP contribution is -2.37. The quantitative estimate of drug-likeness (QED) is 0.685. The SMILES string of the molecule is CC(CCCO)NC(C)CC(=O)Nc1cccc(F)c1. The Morgan fingerprint density at radius 3 is 2.75 bits per heavy atom. The van der Waals surface area contributed by atoms with E-state index in [9.17, 15) is 9.18 Å². The molecule has 0 saturated carbocycles. The number of aliphatic hydroxyl groups is 1. The molecule has 20 heavy (non-hydrogen) atoms. The maximum Gasteiger partial charge on any atom is 0.225 e. The molecule has 0 bridgehead atoms. The van der Waals surface area contributed by atoms with Crippen LogP contribution in [0.1, 0.15) is 33.1 Å². The van der Waals surface area contributed by atoms with Crippen LogP contribution in [0.2, 0.25) is 0 Å². The highest BCUT2D eigenvalue weighted by atomic mass is 19.1. The molecule has 0 aliphatic heterocycles. The van der Waals surface area contributed by atoms with Gasteiger partial charge in [-0.3, -0.25) is 4.79 Å². The number of hydrogen-bond donors (Lipinski definition) is 3. The van der Waals surface area contributed by atoms with Gasteiger partial charge in [0.1, 0.15) is 5.82 Å². The Kier molecular flexibility index (Phi) is 7.18. The molecule has 112 valence electrons. The topological polar surface area (TPSA) is 61.4 Å². The summed E-state index contributed by atoms with van der Waals surface area (Å²) in [5.41, 5.74) is 0.468. The van der Waals surface area contributed by atoms with E-state index in [-0.39, 0.29) is 30.4 Å². The first-order valence-electron chi connectivity index (χ1n) is 6.93. The highest BCUT2D eigenvalue weighted by Gasteiger charge is 2.12. The first-order valence-corrected chi connectivity index (χ1v) is 6.93. The summed E-state index contributed by atoms with van der Waals surface area (Å²) in [7, 11) is 0. The van der Waals surface area contributed by atoms with Gasteiger partial charge in [-0.1, -0.05) is 6.07 Å². The van der Waals surface area contributed by atoms with Crippen molar-refractivity contribution in [1.29, 1.82) is 0 Å². The van der Waals surface area contributed by atoms with E-state index in [1.165, 1.54) is 12.1 Å². The fraction of sp³-hybridized carbons (Fsp3) is 0.533. The number of aliphatic hydroxyl groups excluding tert-OH is 1. The number of halogens is 1. The average molecular weight is 282 g/mol. The molecule has 0 aromatic heterocycles. The summed E-state index contributed by atoms with van der Waals surface area (Å²) in [4.78, 5) is 11.8. The van der Waals surface area contributed by atoms with E-state index < -0.39 is 0 Å². The minimum absolute atomic E-state index is 0.0252. The molecule has 0 aliphatic carbocycles. The minimum Gasteiger partial charge on any atom is -0.396 e. The van der Waals surface area contributed by atoms with Gasteiger partial charge in [0, 0.05) is 30.8 Å². The Balaban J connectivity index is 2.34. The van der Waals surface area contributed by atoms with E-state index in [1.54, 1.807) is 12.1 Å². The van der Waals surface area contributed by atoms with E-state index in [1.807, 2.05) is 13.8 Å². The molecule has 2 atom stereocenters. The molecule has 0 fully saturated rings. The molecule has 0 radical (unpaired) electrons. The van der Waals surface area contributed by atoms with Gasteiger partial charge in [-0.15, -0.1) is 0 Å². The molecule has 5 heteroatoms. The van der Waals surface area contributed by atoms with Gasteiger partial charge in [0.25, 0.3) is 0 Å². The second-order valence-electron chi connectivity index (χ2n) is 5.10. The third kappa shape index (κ3) is 6.63. The molecule has 0 saturated heterocycles. The second kappa shape index (κ2) is 8.66. The zero-order valence-electron chi connectivity index (χ0n) is 12.0. The van der Waals surface area contributed by atoms with Crippen LogP contribution in [0.4, 0.5) is 10.1 Å². The Morgan fingerprint density at radius 1 is 1.35 bits per heavy atom. The number of anilines is 1. The van der Waals surface area contributed by atoms with Crippen LogP contribution >= 0.6 is 0 Å². The molecule has 1 aromatic carbocycles. The van der Waals surface area contributed by atoms with Gasteiger partial charge in [0.15, 0.2) is 0 Å². The van der Waals surface area contributed by atoms with E-state index in [0.717, 1.165) is 12.8 Å². The second-order valence-corrected chi connectivity index (χ2v) is 5.10. The van der Waals surface area contributed by atoms with E-state index >= 15 is 0 Å². The summed E-state index contributed by atoms with van der Waals surface area (Å²) >= 11 is 0.